The first-order valence-electron chi connectivity index (χ1n) is 11.6. The number of nitrogens with zero attached hydrogens (tertiary/aromatic N) is 4. The van der Waals surface area contributed by atoms with Crippen LogP contribution in [0.15, 0.2) is 58.2 Å². The fraction of sp³-hybridized carbons (Fsp3) is 0.417. The van der Waals surface area contributed by atoms with Crippen LogP contribution < -0.4 is 4.90 Å². The second-order valence-corrected chi connectivity index (χ2v) is 10.7. The third-order valence-corrected chi connectivity index (χ3v) is 8.57. The predicted octanol–water partition coefficient (Wildman–Crippen LogP) is 2.73. The van der Waals surface area contributed by atoms with E-state index in [2.05, 4.69) is 34.2 Å². The third kappa shape index (κ3) is 4.35. The number of piperazine rings is 1. The van der Waals surface area contributed by atoms with E-state index in [0.717, 1.165) is 13.1 Å². The molecule has 9 nitrogen and oxygen atoms in total. The van der Waals surface area contributed by atoms with Crippen LogP contribution in [0, 0.1) is 12.8 Å². The molecule has 4 heterocycles. The molecule has 0 atom stereocenters. The van der Waals surface area contributed by atoms with Gasteiger partial charge in [0.2, 0.25) is 11.0 Å². The molecule has 1 aromatic carbocycles. The first-order chi connectivity index (χ1) is 16.4. The number of aromatic nitrogens is 2. The second-order valence-electron chi connectivity index (χ2n) is 8.87. The standard InChI is InChI=1S/C24H29N5O4S/c1-18-4-2-3-5-21(18)27-14-16-28(17-15-27)24(30)19-9-12-29(13-10-19)34(31,32)23-7-6-22(33-23)20-8-11-25-26-20/h2-8,11,19H,9-10,12-17H2,1H3,(H,25,26). The van der Waals surface area contributed by atoms with Crippen LogP contribution in [0.2, 0.25) is 0 Å². The van der Waals surface area contributed by atoms with Crippen LogP contribution in [0.4, 0.5) is 5.69 Å². The average Bonchev–Trinajstić information content (AvgIpc) is 3.57. The molecule has 1 N–H and O–H groups in total. The molecule has 2 saturated heterocycles. The Morgan fingerprint density at radius 2 is 1.74 bits per heavy atom. The van der Waals surface area contributed by atoms with Gasteiger partial charge in [0, 0.05) is 57.1 Å². The van der Waals surface area contributed by atoms with E-state index < -0.39 is 10.0 Å². The Balaban J connectivity index is 1.16. The molecule has 2 aliphatic rings. The van der Waals surface area contributed by atoms with E-state index in [4.69, 9.17) is 4.42 Å². The summed E-state index contributed by atoms with van der Waals surface area (Å²) in [6.07, 6.45) is 2.62. The van der Waals surface area contributed by atoms with Crippen molar-refractivity contribution in [3.63, 3.8) is 0 Å². The van der Waals surface area contributed by atoms with Crippen LogP contribution in [-0.2, 0) is 14.8 Å². The van der Waals surface area contributed by atoms with Crippen LogP contribution in [0.5, 0.6) is 0 Å². The third-order valence-electron chi connectivity index (χ3n) is 6.79. The SMILES string of the molecule is Cc1ccccc1N1CCN(C(=O)C2CCN(S(=O)(=O)c3ccc(-c4ccn[nH]4)o3)CC2)CC1. The zero-order valence-electron chi connectivity index (χ0n) is 19.2. The molecule has 0 saturated carbocycles. The van der Waals surface area contributed by atoms with Crippen molar-refractivity contribution in [2.24, 2.45) is 5.92 Å². The Labute approximate surface area is 199 Å². The van der Waals surface area contributed by atoms with Gasteiger partial charge in [-0.3, -0.25) is 9.89 Å². The highest BCUT2D eigenvalue weighted by molar-refractivity contribution is 7.89. The fourth-order valence-electron chi connectivity index (χ4n) is 4.81. The Bertz CT molecular complexity index is 1240. The molecule has 0 bridgehead atoms. The van der Waals surface area contributed by atoms with E-state index >= 15 is 0 Å². The van der Waals surface area contributed by atoms with Gasteiger partial charge in [0.1, 0.15) is 5.69 Å². The van der Waals surface area contributed by atoms with Crippen molar-refractivity contribution in [2.45, 2.75) is 24.9 Å². The fourth-order valence-corrected chi connectivity index (χ4v) is 6.19. The van der Waals surface area contributed by atoms with Crippen molar-refractivity contribution in [3.8, 4) is 11.5 Å². The molecule has 0 aliphatic carbocycles. The Morgan fingerprint density at radius 3 is 2.41 bits per heavy atom. The van der Waals surface area contributed by atoms with Gasteiger partial charge in [-0.1, -0.05) is 18.2 Å². The summed E-state index contributed by atoms with van der Waals surface area (Å²) in [5, 5.41) is 6.54. The number of nitrogens with one attached hydrogen (secondary N) is 1. The summed E-state index contributed by atoms with van der Waals surface area (Å²) in [6.45, 7) is 5.71. The topological polar surface area (TPSA) is 103 Å². The van der Waals surface area contributed by atoms with Crippen molar-refractivity contribution in [1.82, 2.24) is 19.4 Å². The highest BCUT2D eigenvalue weighted by Gasteiger charge is 2.36. The van der Waals surface area contributed by atoms with Crippen LogP contribution in [0.3, 0.4) is 0 Å². The molecule has 2 aliphatic heterocycles. The minimum Gasteiger partial charge on any atom is -0.442 e. The number of para-hydroxylation sites is 1. The van der Waals surface area contributed by atoms with Gasteiger partial charge in [0.05, 0.1) is 0 Å². The molecule has 2 fully saturated rings. The van der Waals surface area contributed by atoms with Gasteiger partial charge in [-0.15, -0.1) is 0 Å². The quantitative estimate of drug-likeness (QED) is 0.599. The summed E-state index contributed by atoms with van der Waals surface area (Å²) in [4.78, 5) is 17.4. The summed E-state index contributed by atoms with van der Waals surface area (Å²) in [5.74, 6) is 0.417. The van der Waals surface area contributed by atoms with Gasteiger partial charge >= 0.3 is 0 Å². The number of piperidine rings is 1. The van der Waals surface area contributed by atoms with Gasteiger partial charge in [0.15, 0.2) is 5.76 Å². The van der Waals surface area contributed by atoms with E-state index in [1.165, 1.54) is 21.6 Å². The van der Waals surface area contributed by atoms with E-state index in [-0.39, 0.29) is 16.9 Å². The monoisotopic (exact) mass is 483 g/mol. The van der Waals surface area contributed by atoms with Crippen LogP contribution in [0.1, 0.15) is 18.4 Å². The summed E-state index contributed by atoms with van der Waals surface area (Å²) < 4.78 is 33.1. The number of carbonyl (C=O) groups is 1. The number of amides is 1. The maximum atomic E-state index is 13.1. The van der Waals surface area contributed by atoms with Crippen molar-refractivity contribution in [1.29, 1.82) is 0 Å². The van der Waals surface area contributed by atoms with Crippen molar-refractivity contribution in [2.75, 3.05) is 44.2 Å². The van der Waals surface area contributed by atoms with E-state index in [9.17, 15) is 13.2 Å². The summed E-state index contributed by atoms with van der Waals surface area (Å²) in [7, 11) is -3.75. The van der Waals surface area contributed by atoms with Crippen molar-refractivity contribution >= 4 is 21.6 Å². The molecule has 180 valence electrons. The number of hydrogen-bond donors (Lipinski definition) is 1. The number of furan rings is 1. The van der Waals surface area contributed by atoms with Crippen molar-refractivity contribution in [3.05, 3.63) is 54.2 Å². The maximum Gasteiger partial charge on any atom is 0.276 e. The van der Waals surface area contributed by atoms with Gasteiger partial charge in [-0.2, -0.15) is 9.40 Å². The van der Waals surface area contributed by atoms with Gasteiger partial charge in [0.25, 0.3) is 10.0 Å². The summed E-state index contributed by atoms with van der Waals surface area (Å²) >= 11 is 0. The molecule has 0 spiro atoms. The first kappa shape index (κ1) is 22.7. The minimum absolute atomic E-state index is 0.0887. The van der Waals surface area contributed by atoms with E-state index in [1.54, 1.807) is 18.3 Å². The summed E-state index contributed by atoms with van der Waals surface area (Å²) in [5.41, 5.74) is 3.08. The number of anilines is 1. The predicted molar refractivity (Wildman–Crippen MR) is 128 cm³/mol. The molecule has 0 unspecified atom stereocenters. The number of rotatable bonds is 5. The van der Waals surface area contributed by atoms with Crippen LogP contribution >= 0.6 is 0 Å². The van der Waals surface area contributed by atoms with E-state index in [0.29, 0.717) is 50.5 Å². The molecule has 34 heavy (non-hydrogen) atoms. The molecular formula is C24H29N5O4S. The van der Waals surface area contributed by atoms with E-state index in [1.807, 2.05) is 17.0 Å². The zero-order valence-corrected chi connectivity index (χ0v) is 20.0. The highest BCUT2D eigenvalue weighted by atomic mass is 32.2. The Kier molecular flexibility index (Phi) is 6.18. The normalized spacial score (nSPS) is 18.4. The second kappa shape index (κ2) is 9.27. The molecule has 3 aromatic rings. The molecule has 2 aromatic heterocycles. The molecule has 1 amide bonds. The number of H-pyrrole nitrogens is 1. The molecule has 5 rings (SSSR count). The Morgan fingerprint density at radius 1 is 1.00 bits per heavy atom. The number of aryl methyl sites for hydroxylation is 1. The van der Waals surface area contributed by atoms with Crippen molar-refractivity contribution < 1.29 is 17.6 Å². The van der Waals surface area contributed by atoms with Gasteiger partial charge < -0.3 is 14.2 Å². The lowest BCUT2D eigenvalue weighted by Crippen LogP contribution is -2.52. The van der Waals surface area contributed by atoms with Gasteiger partial charge in [-0.25, -0.2) is 8.42 Å². The maximum absolute atomic E-state index is 13.1. The lowest BCUT2D eigenvalue weighted by Gasteiger charge is -2.39. The molecular weight excluding hydrogens is 454 g/mol. The highest BCUT2D eigenvalue weighted by Crippen LogP contribution is 2.29. The van der Waals surface area contributed by atoms with Gasteiger partial charge in [-0.05, 0) is 49.6 Å². The van der Waals surface area contributed by atoms with Crippen LogP contribution in [0.25, 0.3) is 11.5 Å². The lowest BCUT2D eigenvalue weighted by atomic mass is 9.96. The summed E-state index contributed by atoms with van der Waals surface area (Å²) in [6, 6.07) is 13.1. The largest absolute Gasteiger partial charge is 0.442 e. The minimum atomic E-state index is -3.75. The number of sulfonamides is 1. The smallest absolute Gasteiger partial charge is 0.276 e. The number of hydrogen-bond acceptors (Lipinski definition) is 6. The number of carbonyl (C=O) groups excluding carboxylic acids is 1. The molecule has 10 heteroatoms. The lowest BCUT2D eigenvalue weighted by molar-refractivity contribution is -0.137. The zero-order chi connectivity index (χ0) is 23.7. The first-order valence-corrected chi connectivity index (χ1v) is 13.1. The average molecular weight is 484 g/mol. The molecule has 0 radical (unpaired) electrons. The number of benzene rings is 1. The van der Waals surface area contributed by atoms with Crippen LogP contribution in [-0.4, -0.2) is 73.0 Å². The Hall–Kier alpha value is -3.11. The number of aromatic amines is 1.